The van der Waals surface area contributed by atoms with E-state index in [-0.39, 0.29) is 18.4 Å². The molecule has 1 aliphatic carbocycles. The lowest BCUT2D eigenvalue weighted by atomic mass is 9.90. The van der Waals surface area contributed by atoms with Crippen LogP contribution in [-0.2, 0) is 17.6 Å². The number of anilines is 2. The second kappa shape index (κ2) is 9.12. The quantitative estimate of drug-likeness (QED) is 0.812. The molecule has 2 aliphatic rings. The maximum atomic E-state index is 12.4. The van der Waals surface area contributed by atoms with E-state index < -0.39 is 0 Å². The van der Waals surface area contributed by atoms with Gasteiger partial charge in [-0.1, -0.05) is 12.1 Å². The van der Waals surface area contributed by atoms with Crippen molar-refractivity contribution in [2.45, 2.75) is 44.9 Å². The van der Waals surface area contributed by atoms with E-state index in [1.165, 1.54) is 36.8 Å². The van der Waals surface area contributed by atoms with Crippen LogP contribution < -0.4 is 15.5 Å². The summed E-state index contributed by atoms with van der Waals surface area (Å²) in [6.07, 6.45) is 8.18. The second-order valence-corrected chi connectivity index (χ2v) is 7.98. The number of nitrogens with zero attached hydrogens (tertiary/aromatic N) is 1. The minimum atomic E-state index is -0.222. The number of hydrogen-bond donors (Lipinski definition) is 2. The zero-order valence-electron chi connectivity index (χ0n) is 16.9. The van der Waals surface area contributed by atoms with Crippen molar-refractivity contribution in [3.05, 3.63) is 59.2 Å². The molecule has 5 heteroatoms. The molecule has 2 aromatic rings. The van der Waals surface area contributed by atoms with Crippen LogP contribution in [0.25, 0.3) is 0 Å². The first-order chi connectivity index (χ1) is 14.2. The van der Waals surface area contributed by atoms with E-state index in [1.807, 2.05) is 36.4 Å². The standard InChI is InChI=1S/C24H29N3O2/c28-23(26-22-10-6-8-18-7-2-3-9-21(18)22)17-25-24(29)19-11-13-20(14-12-19)27-15-4-1-5-16-27/h6,8,10-14H,1-5,7,9,15-17H2,(H,25,29)(H,26,28). The van der Waals surface area contributed by atoms with Gasteiger partial charge in [0.25, 0.3) is 5.91 Å². The molecule has 1 heterocycles. The van der Waals surface area contributed by atoms with Crippen LogP contribution in [-0.4, -0.2) is 31.4 Å². The molecule has 0 unspecified atom stereocenters. The average molecular weight is 392 g/mol. The molecule has 0 spiro atoms. The Morgan fingerprint density at radius 3 is 2.41 bits per heavy atom. The van der Waals surface area contributed by atoms with Crippen LogP contribution in [0.5, 0.6) is 0 Å². The number of benzene rings is 2. The first-order valence-corrected chi connectivity index (χ1v) is 10.7. The van der Waals surface area contributed by atoms with Crippen molar-refractivity contribution in [3.8, 4) is 0 Å². The summed E-state index contributed by atoms with van der Waals surface area (Å²) < 4.78 is 0. The van der Waals surface area contributed by atoms with E-state index in [0.29, 0.717) is 5.56 Å². The Labute approximate surface area is 172 Å². The van der Waals surface area contributed by atoms with Gasteiger partial charge in [0.15, 0.2) is 0 Å². The lowest BCUT2D eigenvalue weighted by molar-refractivity contribution is -0.115. The van der Waals surface area contributed by atoms with Gasteiger partial charge < -0.3 is 15.5 Å². The molecule has 5 nitrogen and oxygen atoms in total. The predicted octanol–water partition coefficient (Wildman–Crippen LogP) is 3.92. The maximum absolute atomic E-state index is 12.4. The van der Waals surface area contributed by atoms with Crippen LogP contribution in [0.15, 0.2) is 42.5 Å². The molecule has 0 bridgehead atoms. The van der Waals surface area contributed by atoms with Gasteiger partial charge in [-0.3, -0.25) is 9.59 Å². The minimum Gasteiger partial charge on any atom is -0.372 e. The first-order valence-electron chi connectivity index (χ1n) is 10.7. The molecule has 2 amide bonds. The fourth-order valence-corrected chi connectivity index (χ4v) is 4.33. The number of rotatable bonds is 5. The SMILES string of the molecule is O=C(CNC(=O)c1ccc(N2CCCCC2)cc1)Nc1cccc2c1CCCC2. The van der Waals surface area contributed by atoms with Gasteiger partial charge in [0, 0.05) is 30.0 Å². The van der Waals surface area contributed by atoms with Crippen LogP contribution in [0.2, 0.25) is 0 Å². The highest BCUT2D eigenvalue weighted by Gasteiger charge is 2.16. The molecule has 1 fully saturated rings. The summed E-state index contributed by atoms with van der Waals surface area (Å²) in [5.41, 5.74) is 5.19. The van der Waals surface area contributed by atoms with E-state index in [4.69, 9.17) is 0 Å². The van der Waals surface area contributed by atoms with E-state index in [0.717, 1.165) is 43.7 Å². The van der Waals surface area contributed by atoms with Crippen molar-refractivity contribution < 1.29 is 9.59 Å². The lowest BCUT2D eigenvalue weighted by Gasteiger charge is -2.28. The fourth-order valence-electron chi connectivity index (χ4n) is 4.33. The van der Waals surface area contributed by atoms with Crippen LogP contribution in [0.1, 0.15) is 53.6 Å². The number of hydrogen-bond acceptors (Lipinski definition) is 3. The Bertz CT molecular complexity index is 870. The highest BCUT2D eigenvalue weighted by molar-refractivity contribution is 5.99. The molecule has 1 saturated heterocycles. The van der Waals surface area contributed by atoms with Gasteiger partial charge in [0.1, 0.15) is 0 Å². The van der Waals surface area contributed by atoms with Crippen LogP contribution in [0.4, 0.5) is 11.4 Å². The fraction of sp³-hybridized carbons (Fsp3) is 0.417. The Balaban J connectivity index is 1.31. The topological polar surface area (TPSA) is 61.4 Å². The first kappa shape index (κ1) is 19.5. The largest absolute Gasteiger partial charge is 0.372 e. The molecule has 2 N–H and O–H groups in total. The van der Waals surface area contributed by atoms with Crippen molar-refractivity contribution >= 4 is 23.2 Å². The van der Waals surface area contributed by atoms with E-state index >= 15 is 0 Å². The van der Waals surface area contributed by atoms with Gasteiger partial charge in [-0.25, -0.2) is 0 Å². The number of amides is 2. The van der Waals surface area contributed by atoms with Crippen LogP contribution in [0, 0.1) is 0 Å². The zero-order valence-corrected chi connectivity index (χ0v) is 16.9. The van der Waals surface area contributed by atoms with Gasteiger partial charge in [0.05, 0.1) is 6.54 Å². The third-order valence-electron chi connectivity index (χ3n) is 5.93. The molecule has 1 aliphatic heterocycles. The molecule has 2 aromatic carbocycles. The molecular weight excluding hydrogens is 362 g/mol. The molecule has 29 heavy (non-hydrogen) atoms. The van der Waals surface area contributed by atoms with Crippen molar-refractivity contribution in [1.82, 2.24) is 5.32 Å². The predicted molar refractivity (Wildman–Crippen MR) is 117 cm³/mol. The Hall–Kier alpha value is -2.82. The maximum Gasteiger partial charge on any atom is 0.251 e. The normalized spacial score (nSPS) is 16.1. The molecule has 0 aromatic heterocycles. The highest BCUT2D eigenvalue weighted by atomic mass is 16.2. The van der Waals surface area contributed by atoms with Gasteiger partial charge in [-0.2, -0.15) is 0 Å². The van der Waals surface area contributed by atoms with E-state index in [9.17, 15) is 9.59 Å². The molecular formula is C24H29N3O2. The third-order valence-corrected chi connectivity index (χ3v) is 5.93. The smallest absolute Gasteiger partial charge is 0.251 e. The molecule has 152 valence electrons. The average Bonchev–Trinajstić information content (AvgIpc) is 2.78. The highest BCUT2D eigenvalue weighted by Crippen LogP contribution is 2.27. The number of fused-ring (bicyclic) bond motifs is 1. The number of carbonyl (C=O) groups excluding carboxylic acids is 2. The summed E-state index contributed by atoms with van der Waals surface area (Å²) >= 11 is 0. The number of carbonyl (C=O) groups is 2. The summed E-state index contributed by atoms with van der Waals surface area (Å²) in [6, 6.07) is 13.7. The minimum absolute atomic E-state index is 0.0314. The van der Waals surface area contributed by atoms with Gasteiger partial charge in [-0.05, 0) is 86.4 Å². The molecule has 0 atom stereocenters. The number of piperidine rings is 1. The number of aryl methyl sites for hydroxylation is 1. The summed E-state index contributed by atoms with van der Waals surface area (Å²) in [5, 5.41) is 5.70. The van der Waals surface area contributed by atoms with Crippen molar-refractivity contribution in [3.63, 3.8) is 0 Å². The van der Waals surface area contributed by atoms with E-state index in [2.05, 4.69) is 21.6 Å². The second-order valence-electron chi connectivity index (χ2n) is 7.98. The zero-order chi connectivity index (χ0) is 20.1. The Morgan fingerprint density at radius 2 is 1.62 bits per heavy atom. The number of nitrogens with one attached hydrogen (secondary N) is 2. The molecule has 0 saturated carbocycles. The lowest BCUT2D eigenvalue weighted by Crippen LogP contribution is -2.33. The summed E-state index contributed by atoms with van der Waals surface area (Å²) in [4.78, 5) is 27.1. The van der Waals surface area contributed by atoms with Crippen LogP contribution >= 0.6 is 0 Å². The molecule has 4 rings (SSSR count). The van der Waals surface area contributed by atoms with Crippen LogP contribution in [0.3, 0.4) is 0 Å². The van der Waals surface area contributed by atoms with Gasteiger partial charge in [0.2, 0.25) is 5.91 Å². The van der Waals surface area contributed by atoms with Crippen molar-refractivity contribution in [1.29, 1.82) is 0 Å². The van der Waals surface area contributed by atoms with Gasteiger partial charge >= 0.3 is 0 Å². The monoisotopic (exact) mass is 391 g/mol. The van der Waals surface area contributed by atoms with E-state index in [1.54, 1.807) is 0 Å². The Kier molecular flexibility index (Phi) is 6.13. The third kappa shape index (κ3) is 4.78. The van der Waals surface area contributed by atoms with Gasteiger partial charge in [-0.15, -0.1) is 0 Å². The van der Waals surface area contributed by atoms with Crippen molar-refractivity contribution in [2.24, 2.45) is 0 Å². The summed E-state index contributed by atoms with van der Waals surface area (Å²) in [6.45, 7) is 2.13. The summed E-state index contributed by atoms with van der Waals surface area (Å²) in [7, 11) is 0. The van der Waals surface area contributed by atoms with Crippen molar-refractivity contribution in [2.75, 3.05) is 29.9 Å². The molecule has 0 radical (unpaired) electrons. The summed E-state index contributed by atoms with van der Waals surface area (Å²) in [5.74, 6) is -0.414. The Morgan fingerprint density at radius 1 is 0.862 bits per heavy atom.